The molecule has 0 saturated carbocycles. The van der Waals surface area contributed by atoms with Crippen molar-refractivity contribution in [1.29, 1.82) is 0 Å². The maximum atomic E-state index is 5.46. The minimum Gasteiger partial charge on any atom is -0.497 e. The Morgan fingerprint density at radius 1 is 0.773 bits per heavy atom. The molecular formula is C21H16O. The van der Waals surface area contributed by atoms with Crippen molar-refractivity contribution in [3.63, 3.8) is 0 Å². The van der Waals surface area contributed by atoms with E-state index < -0.39 is 0 Å². The molecule has 0 fully saturated rings. The van der Waals surface area contributed by atoms with Crippen LogP contribution in [0.5, 0.6) is 5.75 Å². The first-order valence-electron chi connectivity index (χ1n) is 7.70. The van der Waals surface area contributed by atoms with Crippen LogP contribution in [-0.4, -0.2) is 7.11 Å². The molecule has 5 rings (SSSR count). The topological polar surface area (TPSA) is 9.23 Å². The predicted molar refractivity (Wildman–Crippen MR) is 87.6 cm³/mol. The van der Waals surface area contributed by atoms with Crippen LogP contribution >= 0.6 is 0 Å². The fourth-order valence-electron chi connectivity index (χ4n) is 4.48. The van der Waals surface area contributed by atoms with Gasteiger partial charge in [-0.05, 0) is 39.9 Å². The minimum absolute atomic E-state index is 0.0295. The Bertz CT molecular complexity index is 881. The Hall–Kier alpha value is -2.54. The molecule has 3 aromatic carbocycles. The number of ether oxygens (including phenoxy) is 1. The summed E-state index contributed by atoms with van der Waals surface area (Å²) in [7, 11) is 1.74. The van der Waals surface area contributed by atoms with Gasteiger partial charge in [-0.15, -0.1) is 0 Å². The van der Waals surface area contributed by atoms with Crippen LogP contribution in [-0.2, 0) is 5.41 Å². The molecule has 0 N–H and O–H groups in total. The van der Waals surface area contributed by atoms with Crippen LogP contribution in [0.1, 0.15) is 33.7 Å². The SMILES string of the molecule is COc1ccc2c(c1)[C@@]1(c3ccccc3)c3ccccc3[C@H]21. The summed E-state index contributed by atoms with van der Waals surface area (Å²) < 4.78 is 5.46. The maximum absolute atomic E-state index is 5.46. The van der Waals surface area contributed by atoms with Gasteiger partial charge in [0.2, 0.25) is 0 Å². The minimum atomic E-state index is 0.0295. The van der Waals surface area contributed by atoms with E-state index in [9.17, 15) is 0 Å². The average Bonchev–Trinajstić information content (AvgIpc) is 2.56. The first kappa shape index (κ1) is 12.0. The predicted octanol–water partition coefficient (Wildman–Crippen LogP) is 4.49. The Kier molecular flexibility index (Phi) is 2.20. The monoisotopic (exact) mass is 284 g/mol. The molecule has 0 saturated heterocycles. The fourth-order valence-corrected chi connectivity index (χ4v) is 4.48. The Morgan fingerprint density at radius 2 is 1.50 bits per heavy atom. The molecule has 106 valence electrons. The third kappa shape index (κ3) is 1.17. The van der Waals surface area contributed by atoms with Crippen molar-refractivity contribution >= 4 is 0 Å². The highest BCUT2D eigenvalue weighted by Gasteiger charge is 2.62. The first-order chi connectivity index (χ1) is 10.9. The molecule has 2 aliphatic rings. The Morgan fingerprint density at radius 3 is 2.32 bits per heavy atom. The van der Waals surface area contributed by atoms with E-state index in [1.54, 1.807) is 7.11 Å². The molecule has 3 aromatic rings. The van der Waals surface area contributed by atoms with Crippen molar-refractivity contribution in [3.05, 3.63) is 101 Å². The molecule has 0 amide bonds. The van der Waals surface area contributed by atoms with E-state index in [1.165, 1.54) is 27.8 Å². The highest BCUT2D eigenvalue weighted by Crippen LogP contribution is 2.70. The van der Waals surface area contributed by atoms with Gasteiger partial charge < -0.3 is 4.74 Å². The normalized spacial score (nSPS) is 23.4. The van der Waals surface area contributed by atoms with Crippen LogP contribution in [0.25, 0.3) is 0 Å². The van der Waals surface area contributed by atoms with Gasteiger partial charge in [-0.25, -0.2) is 0 Å². The number of rotatable bonds is 2. The zero-order valence-corrected chi connectivity index (χ0v) is 12.4. The Balaban J connectivity index is 1.82. The van der Waals surface area contributed by atoms with E-state index in [2.05, 4.69) is 72.8 Å². The van der Waals surface area contributed by atoms with E-state index in [4.69, 9.17) is 4.74 Å². The van der Waals surface area contributed by atoms with Crippen molar-refractivity contribution in [2.45, 2.75) is 11.3 Å². The van der Waals surface area contributed by atoms with Crippen LogP contribution in [0.3, 0.4) is 0 Å². The summed E-state index contributed by atoms with van der Waals surface area (Å²) in [4.78, 5) is 0. The molecule has 0 radical (unpaired) electrons. The van der Waals surface area contributed by atoms with Crippen LogP contribution in [0, 0.1) is 0 Å². The van der Waals surface area contributed by atoms with Gasteiger partial charge in [-0.3, -0.25) is 0 Å². The van der Waals surface area contributed by atoms with Crippen molar-refractivity contribution in [3.8, 4) is 5.75 Å². The maximum Gasteiger partial charge on any atom is 0.119 e. The van der Waals surface area contributed by atoms with Crippen LogP contribution in [0.15, 0.2) is 72.8 Å². The summed E-state index contributed by atoms with van der Waals surface area (Å²) >= 11 is 0. The molecule has 0 spiro atoms. The summed E-state index contributed by atoms with van der Waals surface area (Å²) in [5.41, 5.74) is 7.20. The van der Waals surface area contributed by atoms with Gasteiger partial charge in [-0.2, -0.15) is 0 Å². The number of hydrogen-bond acceptors (Lipinski definition) is 1. The van der Waals surface area contributed by atoms with E-state index in [-0.39, 0.29) is 5.41 Å². The molecule has 1 heteroatoms. The second-order valence-electron chi connectivity index (χ2n) is 6.15. The Labute approximate surface area is 130 Å². The second kappa shape index (κ2) is 4.01. The summed E-state index contributed by atoms with van der Waals surface area (Å²) in [5.74, 6) is 1.43. The molecule has 1 nitrogen and oxygen atoms in total. The van der Waals surface area contributed by atoms with E-state index in [1.807, 2.05) is 0 Å². The lowest BCUT2D eigenvalue weighted by Gasteiger charge is -2.61. The summed E-state index contributed by atoms with van der Waals surface area (Å²) in [5, 5.41) is 0. The van der Waals surface area contributed by atoms with Crippen LogP contribution in [0.4, 0.5) is 0 Å². The van der Waals surface area contributed by atoms with Gasteiger partial charge in [0.25, 0.3) is 0 Å². The number of methoxy groups -OCH3 is 1. The lowest BCUT2D eigenvalue weighted by atomic mass is 9.40. The lowest BCUT2D eigenvalue weighted by molar-refractivity contribution is 0.381. The summed E-state index contributed by atoms with van der Waals surface area (Å²) in [6, 6.07) is 26.3. The summed E-state index contributed by atoms with van der Waals surface area (Å²) in [6.45, 7) is 0. The quantitative estimate of drug-likeness (QED) is 0.674. The fraction of sp³-hybridized carbons (Fsp3) is 0.143. The highest BCUT2D eigenvalue weighted by atomic mass is 16.5. The summed E-state index contributed by atoms with van der Waals surface area (Å²) in [6.07, 6.45) is 0. The molecule has 0 unspecified atom stereocenters. The van der Waals surface area contributed by atoms with Crippen molar-refractivity contribution in [1.82, 2.24) is 0 Å². The number of hydrogen-bond donors (Lipinski definition) is 0. The molecular weight excluding hydrogens is 268 g/mol. The van der Waals surface area contributed by atoms with Gasteiger partial charge >= 0.3 is 0 Å². The van der Waals surface area contributed by atoms with E-state index in [0.717, 1.165) is 5.75 Å². The third-order valence-corrected chi connectivity index (χ3v) is 5.36. The van der Waals surface area contributed by atoms with Crippen molar-refractivity contribution < 1.29 is 4.74 Å². The standard InChI is InChI=1S/C21H16O/c1-22-15-11-12-17-19(13-15)21(14-7-3-2-4-8-14)18-10-6-5-9-16(18)20(17)21/h2-13,20H,1H3/t20-,21-/m1/s1. The zero-order chi connectivity index (χ0) is 14.7. The molecule has 22 heavy (non-hydrogen) atoms. The first-order valence-corrected chi connectivity index (χ1v) is 7.70. The van der Waals surface area contributed by atoms with Crippen molar-refractivity contribution in [2.75, 3.05) is 7.11 Å². The third-order valence-electron chi connectivity index (χ3n) is 5.36. The van der Waals surface area contributed by atoms with E-state index in [0.29, 0.717) is 5.92 Å². The molecule has 0 aliphatic heterocycles. The van der Waals surface area contributed by atoms with Gasteiger partial charge in [-0.1, -0.05) is 60.7 Å². The van der Waals surface area contributed by atoms with Crippen molar-refractivity contribution in [2.24, 2.45) is 0 Å². The van der Waals surface area contributed by atoms with E-state index >= 15 is 0 Å². The highest BCUT2D eigenvalue weighted by molar-refractivity contribution is 5.77. The smallest absolute Gasteiger partial charge is 0.119 e. The largest absolute Gasteiger partial charge is 0.497 e. The van der Waals surface area contributed by atoms with Gasteiger partial charge in [0, 0.05) is 5.92 Å². The molecule has 0 aromatic heterocycles. The number of fused-ring (bicyclic) bond motifs is 7. The van der Waals surface area contributed by atoms with Gasteiger partial charge in [0.05, 0.1) is 12.5 Å². The zero-order valence-electron chi connectivity index (χ0n) is 12.4. The average molecular weight is 284 g/mol. The molecule has 0 bridgehead atoms. The van der Waals surface area contributed by atoms with Gasteiger partial charge in [0.1, 0.15) is 5.75 Å². The van der Waals surface area contributed by atoms with Crippen LogP contribution < -0.4 is 4.74 Å². The second-order valence-corrected chi connectivity index (χ2v) is 6.15. The van der Waals surface area contributed by atoms with Gasteiger partial charge in [0.15, 0.2) is 0 Å². The molecule has 2 atom stereocenters. The molecule has 0 heterocycles. The molecule has 2 aliphatic carbocycles. The number of benzene rings is 3. The lowest BCUT2D eigenvalue weighted by Crippen LogP contribution is -2.54. The van der Waals surface area contributed by atoms with Crippen LogP contribution in [0.2, 0.25) is 0 Å².